The van der Waals surface area contributed by atoms with Crippen molar-refractivity contribution in [1.29, 1.82) is 0 Å². The lowest BCUT2D eigenvalue weighted by Crippen LogP contribution is -2.47. The molecule has 0 saturated carbocycles. The standard InChI is InChI=1S/C20H19ClN2O5/c1-27-18(24)17-15-10-6-5-9-14(15)16(11-23(17)19(21)25)22-20(26)28-12-13-7-3-2-4-8-13/h2-10,16-17H,11-12H2,1H3,(H,22,26). The van der Waals surface area contributed by atoms with E-state index in [1.165, 1.54) is 7.11 Å². The van der Waals surface area contributed by atoms with Crippen molar-refractivity contribution in [2.75, 3.05) is 13.7 Å². The number of methoxy groups -OCH3 is 1. The fraction of sp³-hybridized carbons (Fsp3) is 0.250. The Bertz CT molecular complexity index is 874. The van der Waals surface area contributed by atoms with E-state index in [0.29, 0.717) is 11.1 Å². The fourth-order valence-electron chi connectivity index (χ4n) is 3.22. The van der Waals surface area contributed by atoms with E-state index in [-0.39, 0.29) is 13.2 Å². The predicted molar refractivity (Wildman–Crippen MR) is 102 cm³/mol. The van der Waals surface area contributed by atoms with Crippen LogP contribution in [-0.4, -0.2) is 36.0 Å². The number of ether oxygens (including phenoxy) is 2. The molecule has 28 heavy (non-hydrogen) atoms. The van der Waals surface area contributed by atoms with E-state index in [0.717, 1.165) is 10.5 Å². The summed E-state index contributed by atoms with van der Waals surface area (Å²) in [7, 11) is 1.24. The van der Waals surface area contributed by atoms with Crippen LogP contribution >= 0.6 is 11.6 Å². The number of benzene rings is 2. The van der Waals surface area contributed by atoms with E-state index >= 15 is 0 Å². The van der Waals surface area contributed by atoms with Crippen LogP contribution in [0.4, 0.5) is 9.59 Å². The van der Waals surface area contributed by atoms with Gasteiger partial charge in [0.25, 0.3) is 0 Å². The van der Waals surface area contributed by atoms with Crippen molar-refractivity contribution >= 4 is 29.0 Å². The number of hydrogen-bond donors (Lipinski definition) is 1. The first kappa shape index (κ1) is 19.7. The average Bonchev–Trinajstić information content (AvgIpc) is 2.72. The number of carbonyl (C=O) groups excluding carboxylic acids is 3. The molecule has 0 radical (unpaired) electrons. The largest absolute Gasteiger partial charge is 0.467 e. The predicted octanol–water partition coefficient (Wildman–Crippen LogP) is 3.54. The average molecular weight is 403 g/mol. The highest BCUT2D eigenvalue weighted by molar-refractivity contribution is 6.63. The van der Waals surface area contributed by atoms with Gasteiger partial charge in [-0.2, -0.15) is 0 Å². The van der Waals surface area contributed by atoms with Crippen molar-refractivity contribution < 1.29 is 23.9 Å². The molecule has 0 fully saturated rings. The highest BCUT2D eigenvalue weighted by Gasteiger charge is 2.40. The fourth-order valence-corrected chi connectivity index (χ4v) is 3.38. The number of esters is 1. The number of hydrogen-bond acceptors (Lipinski definition) is 5. The Morgan fingerprint density at radius 1 is 1.07 bits per heavy atom. The number of rotatable bonds is 4. The highest BCUT2D eigenvalue weighted by Crippen LogP contribution is 2.36. The van der Waals surface area contributed by atoms with Gasteiger partial charge in [0.1, 0.15) is 6.61 Å². The number of nitrogens with zero attached hydrogens (tertiary/aromatic N) is 1. The summed E-state index contributed by atoms with van der Waals surface area (Å²) in [5.41, 5.74) is 2.09. The van der Waals surface area contributed by atoms with Crippen molar-refractivity contribution in [2.45, 2.75) is 18.7 Å². The Morgan fingerprint density at radius 3 is 2.36 bits per heavy atom. The summed E-state index contributed by atoms with van der Waals surface area (Å²) in [6.45, 7) is 0.128. The summed E-state index contributed by atoms with van der Waals surface area (Å²) >= 11 is 5.70. The molecule has 1 aliphatic rings. The Morgan fingerprint density at radius 2 is 1.71 bits per heavy atom. The second-order valence-electron chi connectivity index (χ2n) is 6.22. The summed E-state index contributed by atoms with van der Waals surface area (Å²) in [5, 5.41) is 1.93. The molecule has 2 aromatic carbocycles. The monoisotopic (exact) mass is 402 g/mol. The SMILES string of the molecule is COC(=O)C1c2ccccc2C(NC(=O)OCc2ccccc2)CN1C(=O)Cl. The minimum Gasteiger partial charge on any atom is -0.467 e. The van der Waals surface area contributed by atoms with Gasteiger partial charge in [-0.25, -0.2) is 9.59 Å². The molecule has 0 bridgehead atoms. The van der Waals surface area contributed by atoms with Crippen molar-refractivity contribution in [3.63, 3.8) is 0 Å². The van der Waals surface area contributed by atoms with Gasteiger partial charge in [0.15, 0.2) is 6.04 Å². The molecule has 1 N–H and O–H groups in total. The lowest BCUT2D eigenvalue weighted by atomic mass is 9.89. The van der Waals surface area contributed by atoms with Crippen LogP contribution in [0.2, 0.25) is 0 Å². The summed E-state index contributed by atoms with van der Waals surface area (Å²) in [5.74, 6) is -0.605. The number of amides is 2. The molecule has 1 heterocycles. The first-order valence-corrected chi connectivity index (χ1v) is 8.99. The summed E-state index contributed by atoms with van der Waals surface area (Å²) < 4.78 is 10.1. The molecule has 0 spiro atoms. The minimum atomic E-state index is -0.968. The zero-order chi connectivity index (χ0) is 20.1. The first-order chi connectivity index (χ1) is 13.5. The van der Waals surface area contributed by atoms with E-state index in [9.17, 15) is 14.4 Å². The van der Waals surface area contributed by atoms with E-state index in [1.807, 2.05) is 30.3 Å². The van der Waals surface area contributed by atoms with Crippen LogP contribution < -0.4 is 5.32 Å². The summed E-state index contributed by atoms with van der Waals surface area (Å²) in [6.07, 6.45) is -0.637. The van der Waals surface area contributed by atoms with Crippen LogP contribution in [0.25, 0.3) is 0 Å². The molecule has 3 rings (SSSR count). The Balaban J connectivity index is 1.79. The molecule has 8 heteroatoms. The molecular weight excluding hydrogens is 384 g/mol. The van der Waals surface area contributed by atoms with Gasteiger partial charge in [0.2, 0.25) is 0 Å². The lowest BCUT2D eigenvalue weighted by Gasteiger charge is -2.38. The third-order valence-corrected chi connectivity index (χ3v) is 4.73. The Hall–Kier alpha value is -3.06. The quantitative estimate of drug-likeness (QED) is 0.480. The van der Waals surface area contributed by atoms with Gasteiger partial charge in [0, 0.05) is 6.54 Å². The van der Waals surface area contributed by atoms with Crippen LogP contribution in [0.1, 0.15) is 28.8 Å². The van der Waals surface area contributed by atoms with Crippen molar-refractivity contribution in [3.8, 4) is 0 Å². The van der Waals surface area contributed by atoms with E-state index in [4.69, 9.17) is 21.1 Å². The van der Waals surface area contributed by atoms with Crippen molar-refractivity contribution in [3.05, 3.63) is 71.3 Å². The van der Waals surface area contributed by atoms with E-state index in [1.54, 1.807) is 24.3 Å². The van der Waals surface area contributed by atoms with Gasteiger partial charge in [-0.05, 0) is 28.3 Å². The van der Waals surface area contributed by atoms with Crippen LogP contribution in [0.5, 0.6) is 0 Å². The highest BCUT2D eigenvalue weighted by atomic mass is 35.5. The zero-order valence-corrected chi connectivity index (χ0v) is 15.9. The second-order valence-corrected chi connectivity index (χ2v) is 6.54. The smallest absolute Gasteiger partial charge is 0.408 e. The molecule has 2 atom stereocenters. The first-order valence-electron chi connectivity index (χ1n) is 8.61. The maximum absolute atomic E-state index is 12.3. The Labute approximate surface area is 167 Å². The van der Waals surface area contributed by atoms with Gasteiger partial charge < -0.3 is 19.7 Å². The number of nitrogens with one attached hydrogen (secondary N) is 1. The van der Waals surface area contributed by atoms with E-state index in [2.05, 4.69) is 5.32 Å². The third-order valence-electron chi connectivity index (χ3n) is 4.51. The van der Waals surface area contributed by atoms with Crippen LogP contribution in [-0.2, 0) is 20.9 Å². The molecular formula is C20H19ClN2O5. The molecule has 1 aliphatic heterocycles. The molecule has 0 saturated heterocycles. The molecule has 146 valence electrons. The molecule has 2 unspecified atom stereocenters. The summed E-state index contributed by atoms with van der Waals surface area (Å²) in [6, 6.07) is 14.7. The van der Waals surface area contributed by atoms with Crippen LogP contribution in [0.3, 0.4) is 0 Å². The lowest BCUT2D eigenvalue weighted by molar-refractivity contribution is -0.146. The number of halogens is 1. The van der Waals surface area contributed by atoms with Crippen LogP contribution in [0.15, 0.2) is 54.6 Å². The number of alkyl carbamates (subject to hydrolysis) is 1. The third kappa shape index (κ3) is 4.26. The van der Waals surface area contributed by atoms with Gasteiger partial charge in [-0.1, -0.05) is 54.6 Å². The van der Waals surface area contributed by atoms with E-state index < -0.39 is 29.5 Å². The topological polar surface area (TPSA) is 84.9 Å². The molecule has 0 aromatic heterocycles. The molecule has 2 aromatic rings. The minimum absolute atomic E-state index is 0.0134. The van der Waals surface area contributed by atoms with Crippen molar-refractivity contribution in [1.82, 2.24) is 10.2 Å². The normalized spacial score (nSPS) is 18.0. The molecule has 2 amide bonds. The second kappa shape index (κ2) is 8.75. The Kier molecular flexibility index (Phi) is 6.16. The van der Waals surface area contributed by atoms with Gasteiger partial charge in [0.05, 0.1) is 13.2 Å². The maximum Gasteiger partial charge on any atom is 0.408 e. The van der Waals surface area contributed by atoms with Gasteiger partial charge in [-0.3, -0.25) is 4.79 Å². The summed E-state index contributed by atoms with van der Waals surface area (Å²) in [4.78, 5) is 37.6. The zero-order valence-electron chi connectivity index (χ0n) is 15.1. The van der Waals surface area contributed by atoms with Crippen LogP contribution in [0, 0.1) is 0 Å². The maximum atomic E-state index is 12.3. The number of carbonyl (C=O) groups is 3. The molecule has 7 nitrogen and oxygen atoms in total. The van der Waals surface area contributed by atoms with Crippen molar-refractivity contribution in [2.24, 2.45) is 0 Å². The van der Waals surface area contributed by atoms with Gasteiger partial charge in [-0.15, -0.1) is 0 Å². The number of fused-ring (bicyclic) bond motifs is 1. The van der Waals surface area contributed by atoms with Gasteiger partial charge >= 0.3 is 17.4 Å². The molecule has 0 aliphatic carbocycles.